The zero-order chi connectivity index (χ0) is 14.5. The van der Waals surface area contributed by atoms with Crippen LogP contribution in [0.1, 0.15) is 38.3 Å². The van der Waals surface area contributed by atoms with E-state index in [1.54, 1.807) is 6.07 Å². The zero-order valence-corrected chi connectivity index (χ0v) is 12.0. The van der Waals surface area contributed by atoms with E-state index in [0.29, 0.717) is 31.7 Å². The molecule has 1 amide bonds. The molecule has 19 heavy (non-hydrogen) atoms. The van der Waals surface area contributed by atoms with Gasteiger partial charge in [0.05, 0.1) is 0 Å². The number of hydrogen-bond acceptors (Lipinski definition) is 3. The van der Waals surface area contributed by atoms with Crippen LogP contribution in [-0.2, 0) is 16.6 Å². The number of hydrogen-bond donors (Lipinski definition) is 3. The van der Waals surface area contributed by atoms with E-state index in [2.05, 4.69) is 26.1 Å². The fraction of sp³-hybridized carbons (Fsp3) is 0.533. The normalized spacial score (nSPS) is 11.4. The lowest BCUT2D eigenvalue weighted by molar-refractivity contribution is -0.120. The Bertz CT molecular complexity index is 436. The van der Waals surface area contributed by atoms with E-state index in [4.69, 9.17) is 5.73 Å². The van der Waals surface area contributed by atoms with Crippen molar-refractivity contribution in [2.45, 2.75) is 39.0 Å². The second-order valence-electron chi connectivity index (χ2n) is 5.74. The molecule has 4 N–H and O–H groups in total. The Morgan fingerprint density at radius 2 is 2.05 bits per heavy atom. The Kier molecular flexibility index (Phi) is 5.36. The second kappa shape index (κ2) is 6.57. The molecule has 0 aliphatic heterocycles. The standard InChI is InChI=1S/C15H24N2O2/c1-15(2,3)12-10-11(4-6-13(12)18)5-7-14(19)17-9-8-16/h4,6,10,18H,5,7-9,16H2,1-3H3,(H,17,19). The third-order valence-electron chi connectivity index (χ3n) is 2.98. The Labute approximate surface area is 115 Å². The maximum absolute atomic E-state index is 11.5. The number of carbonyl (C=O) groups excluding carboxylic acids is 1. The maximum atomic E-state index is 11.5. The second-order valence-corrected chi connectivity index (χ2v) is 5.74. The van der Waals surface area contributed by atoms with Crippen LogP contribution in [0.2, 0.25) is 0 Å². The summed E-state index contributed by atoms with van der Waals surface area (Å²) in [4.78, 5) is 11.5. The molecule has 0 radical (unpaired) electrons. The molecule has 0 saturated carbocycles. The van der Waals surface area contributed by atoms with Gasteiger partial charge in [0, 0.05) is 19.5 Å². The highest BCUT2D eigenvalue weighted by Crippen LogP contribution is 2.31. The van der Waals surface area contributed by atoms with Gasteiger partial charge in [0.15, 0.2) is 0 Å². The number of carbonyl (C=O) groups is 1. The van der Waals surface area contributed by atoms with Gasteiger partial charge in [-0.1, -0.05) is 32.9 Å². The lowest BCUT2D eigenvalue weighted by Gasteiger charge is -2.21. The number of aromatic hydroxyl groups is 1. The highest BCUT2D eigenvalue weighted by Gasteiger charge is 2.18. The average molecular weight is 264 g/mol. The van der Waals surface area contributed by atoms with Gasteiger partial charge < -0.3 is 16.2 Å². The van der Waals surface area contributed by atoms with Crippen molar-refractivity contribution in [3.05, 3.63) is 29.3 Å². The number of phenols is 1. The molecule has 1 aromatic rings. The molecule has 0 aliphatic carbocycles. The monoisotopic (exact) mass is 264 g/mol. The van der Waals surface area contributed by atoms with Gasteiger partial charge in [-0.2, -0.15) is 0 Å². The van der Waals surface area contributed by atoms with E-state index in [1.165, 1.54) is 0 Å². The quantitative estimate of drug-likeness (QED) is 0.757. The van der Waals surface area contributed by atoms with Crippen LogP contribution in [0.25, 0.3) is 0 Å². The van der Waals surface area contributed by atoms with E-state index in [-0.39, 0.29) is 11.3 Å². The highest BCUT2D eigenvalue weighted by molar-refractivity contribution is 5.76. The molecule has 106 valence electrons. The molecule has 1 aromatic carbocycles. The minimum Gasteiger partial charge on any atom is -0.508 e. The molecule has 0 aliphatic rings. The first-order valence-electron chi connectivity index (χ1n) is 6.63. The van der Waals surface area contributed by atoms with Crippen molar-refractivity contribution in [1.29, 1.82) is 0 Å². The zero-order valence-electron chi connectivity index (χ0n) is 12.0. The molecule has 0 spiro atoms. The molecule has 0 atom stereocenters. The van der Waals surface area contributed by atoms with Crippen LogP contribution in [0.4, 0.5) is 0 Å². The Morgan fingerprint density at radius 1 is 1.37 bits per heavy atom. The number of aryl methyl sites for hydroxylation is 1. The number of nitrogens with one attached hydrogen (secondary N) is 1. The SMILES string of the molecule is CC(C)(C)c1cc(CCC(=O)NCCN)ccc1O. The van der Waals surface area contributed by atoms with Crippen LogP contribution in [0.5, 0.6) is 5.75 Å². The van der Waals surface area contributed by atoms with E-state index in [1.807, 2.05) is 12.1 Å². The van der Waals surface area contributed by atoms with Crippen molar-refractivity contribution in [3.63, 3.8) is 0 Å². The van der Waals surface area contributed by atoms with Gasteiger partial charge in [-0.15, -0.1) is 0 Å². The number of phenolic OH excluding ortho intramolecular Hbond substituents is 1. The first kappa shape index (κ1) is 15.5. The van der Waals surface area contributed by atoms with Crippen molar-refractivity contribution in [3.8, 4) is 5.75 Å². The number of nitrogens with two attached hydrogens (primary N) is 1. The lowest BCUT2D eigenvalue weighted by atomic mass is 9.85. The summed E-state index contributed by atoms with van der Waals surface area (Å²) >= 11 is 0. The molecule has 4 nitrogen and oxygen atoms in total. The van der Waals surface area contributed by atoms with Crippen molar-refractivity contribution in [1.82, 2.24) is 5.32 Å². The molecule has 0 saturated heterocycles. The Morgan fingerprint density at radius 3 is 2.63 bits per heavy atom. The Hall–Kier alpha value is -1.55. The van der Waals surface area contributed by atoms with E-state index in [0.717, 1.165) is 11.1 Å². The summed E-state index contributed by atoms with van der Waals surface area (Å²) in [5.41, 5.74) is 7.19. The molecule has 0 bridgehead atoms. The van der Waals surface area contributed by atoms with Crippen LogP contribution < -0.4 is 11.1 Å². The van der Waals surface area contributed by atoms with Crippen LogP contribution in [0.15, 0.2) is 18.2 Å². The third kappa shape index (κ3) is 4.91. The topological polar surface area (TPSA) is 75.4 Å². The van der Waals surface area contributed by atoms with Gasteiger partial charge in [-0.3, -0.25) is 4.79 Å². The van der Waals surface area contributed by atoms with Crippen LogP contribution in [-0.4, -0.2) is 24.1 Å². The minimum absolute atomic E-state index is 0.0100. The molecule has 0 fully saturated rings. The molecule has 4 heteroatoms. The van der Waals surface area contributed by atoms with Crippen molar-refractivity contribution >= 4 is 5.91 Å². The van der Waals surface area contributed by atoms with Crippen molar-refractivity contribution in [2.75, 3.05) is 13.1 Å². The van der Waals surface area contributed by atoms with Gasteiger partial charge in [-0.05, 0) is 29.0 Å². The summed E-state index contributed by atoms with van der Waals surface area (Å²) < 4.78 is 0. The summed E-state index contributed by atoms with van der Waals surface area (Å²) in [6, 6.07) is 5.54. The van der Waals surface area contributed by atoms with Gasteiger partial charge in [0.25, 0.3) is 0 Å². The first-order valence-corrected chi connectivity index (χ1v) is 6.63. The fourth-order valence-electron chi connectivity index (χ4n) is 1.90. The van der Waals surface area contributed by atoms with E-state index < -0.39 is 0 Å². The van der Waals surface area contributed by atoms with Crippen LogP contribution in [0.3, 0.4) is 0 Å². The average Bonchev–Trinajstić information content (AvgIpc) is 2.34. The fourth-order valence-corrected chi connectivity index (χ4v) is 1.90. The number of rotatable bonds is 5. The number of amides is 1. The predicted octanol–water partition coefficient (Wildman–Crippen LogP) is 1.70. The summed E-state index contributed by atoms with van der Waals surface area (Å²) in [5.74, 6) is 0.319. The third-order valence-corrected chi connectivity index (χ3v) is 2.98. The lowest BCUT2D eigenvalue weighted by Crippen LogP contribution is -2.29. The van der Waals surface area contributed by atoms with E-state index in [9.17, 15) is 9.90 Å². The molecule has 0 heterocycles. The van der Waals surface area contributed by atoms with Gasteiger partial charge >= 0.3 is 0 Å². The predicted molar refractivity (Wildman–Crippen MR) is 77.2 cm³/mol. The van der Waals surface area contributed by atoms with Crippen molar-refractivity contribution in [2.24, 2.45) is 5.73 Å². The number of benzene rings is 1. The summed E-state index contributed by atoms with van der Waals surface area (Å²) in [5, 5.41) is 12.6. The van der Waals surface area contributed by atoms with Gasteiger partial charge in [0.2, 0.25) is 5.91 Å². The molecule has 0 aromatic heterocycles. The summed E-state index contributed by atoms with van der Waals surface area (Å²) in [6.07, 6.45) is 1.11. The smallest absolute Gasteiger partial charge is 0.220 e. The van der Waals surface area contributed by atoms with E-state index >= 15 is 0 Å². The van der Waals surface area contributed by atoms with Gasteiger partial charge in [-0.25, -0.2) is 0 Å². The molecule has 1 rings (SSSR count). The Balaban J connectivity index is 2.68. The molecule has 0 unspecified atom stereocenters. The van der Waals surface area contributed by atoms with Crippen LogP contribution >= 0.6 is 0 Å². The van der Waals surface area contributed by atoms with Crippen molar-refractivity contribution < 1.29 is 9.90 Å². The summed E-state index contributed by atoms with van der Waals surface area (Å²) in [6.45, 7) is 7.14. The van der Waals surface area contributed by atoms with Gasteiger partial charge in [0.1, 0.15) is 5.75 Å². The molecular weight excluding hydrogens is 240 g/mol. The summed E-state index contributed by atoms with van der Waals surface area (Å²) in [7, 11) is 0. The minimum atomic E-state index is -0.109. The van der Waals surface area contributed by atoms with Crippen LogP contribution in [0, 0.1) is 0 Å². The largest absolute Gasteiger partial charge is 0.508 e. The highest BCUT2D eigenvalue weighted by atomic mass is 16.3. The maximum Gasteiger partial charge on any atom is 0.220 e. The molecular formula is C15H24N2O2. The first-order chi connectivity index (χ1) is 8.84.